The molecule has 28 heavy (non-hydrogen) atoms. The van der Waals surface area contributed by atoms with Crippen LogP contribution in [0, 0.1) is 0 Å². The van der Waals surface area contributed by atoms with Gasteiger partial charge in [-0.2, -0.15) is 0 Å². The second-order valence-electron chi connectivity index (χ2n) is 6.09. The molecule has 0 bridgehead atoms. The number of primary amides is 1. The van der Waals surface area contributed by atoms with Crippen LogP contribution in [0.25, 0.3) is 11.3 Å². The molecule has 6 heteroatoms. The summed E-state index contributed by atoms with van der Waals surface area (Å²) in [4.78, 5) is 15.9. The monoisotopic (exact) mass is 378 g/mol. The molecule has 0 atom stereocenters. The zero-order valence-electron chi connectivity index (χ0n) is 15.8. The van der Waals surface area contributed by atoms with Gasteiger partial charge in [-0.05, 0) is 35.9 Å². The molecular weight excluding hydrogens is 356 g/mol. The maximum atomic E-state index is 11.4. The lowest BCUT2D eigenvalue weighted by atomic mass is 10.1. The van der Waals surface area contributed by atoms with Crippen LogP contribution in [0.15, 0.2) is 60.7 Å². The average molecular weight is 378 g/mol. The van der Waals surface area contributed by atoms with Crippen molar-refractivity contribution in [3.05, 3.63) is 71.8 Å². The minimum Gasteiger partial charge on any atom is -0.493 e. The van der Waals surface area contributed by atoms with Gasteiger partial charge in [0.1, 0.15) is 0 Å². The van der Waals surface area contributed by atoms with Crippen molar-refractivity contribution in [2.75, 3.05) is 20.8 Å². The molecule has 6 nitrogen and oxygen atoms in total. The number of benzene rings is 2. The van der Waals surface area contributed by atoms with Gasteiger partial charge in [-0.25, -0.2) is 4.98 Å². The number of carbonyl (C=O) groups excluding carboxylic acids is 1. The Balaban J connectivity index is 1.67. The summed E-state index contributed by atoms with van der Waals surface area (Å²) < 4.78 is 16.4. The number of pyridine rings is 1. The van der Waals surface area contributed by atoms with Gasteiger partial charge in [0.15, 0.2) is 11.5 Å². The van der Waals surface area contributed by atoms with E-state index in [2.05, 4.69) is 4.98 Å². The maximum Gasteiger partial charge on any atom is 0.248 e. The topological polar surface area (TPSA) is 83.7 Å². The van der Waals surface area contributed by atoms with E-state index >= 15 is 0 Å². The highest BCUT2D eigenvalue weighted by molar-refractivity contribution is 5.94. The molecule has 2 N–H and O–H groups in total. The highest BCUT2D eigenvalue weighted by atomic mass is 16.5. The Kier molecular flexibility index (Phi) is 6.11. The predicted molar refractivity (Wildman–Crippen MR) is 107 cm³/mol. The maximum absolute atomic E-state index is 11.4. The number of nitrogens with zero attached hydrogens (tertiary/aromatic N) is 1. The summed E-state index contributed by atoms with van der Waals surface area (Å²) in [7, 11) is 3.22. The predicted octanol–water partition coefficient (Wildman–Crippen LogP) is 3.49. The highest BCUT2D eigenvalue weighted by Crippen LogP contribution is 2.28. The molecule has 1 amide bonds. The lowest BCUT2D eigenvalue weighted by Crippen LogP contribution is -2.10. The van der Waals surface area contributed by atoms with Gasteiger partial charge in [-0.1, -0.05) is 24.3 Å². The van der Waals surface area contributed by atoms with Crippen molar-refractivity contribution in [1.82, 2.24) is 4.98 Å². The van der Waals surface area contributed by atoms with Crippen LogP contribution < -0.4 is 19.9 Å². The fourth-order valence-electron chi connectivity index (χ4n) is 2.80. The van der Waals surface area contributed by atoms with Crippen molar-refractivity contribution in [3.8, 4) is 28.6 Å². The van der Waals surface area contributed by atoms with Gasteiger partial charge in [-0.3, -0.25) is 4.79 Å². The lowest BCUT2D eigenvalue weighted by Gasteiger charge is -2.10. The van der Waals surface area contributed by atoms with E-state index in [1.807, 2.05) is 36.4 Å². The molecule has 0 aliphatic heterocycles. The molecule has 0 fully saturated rings. The average Bonchev–Trinajstić information content (AvgIpc) is 2.74. The largest absolute Gasteiger partial charge is 0.493 e. The van der Waals surface area contributed by atoms with Gasteiger partial charge < -0.3 is 19.9 Å². The van der Waals surface area contributed by atoms with Crippen LogP contribution in [0.2, 0.25) is 0 Å². The van der Waals surface area contributed by atoms with Gasteiger partial charge >= 0.3 is 0 Å². The second-order valence-corrected chi connectivity index (χ2v) is 6.09. The third-order valence-corrected chi connectivity index (χ3v) is 4.26. The van der Waals surface area contributed by atoms with Crippen molar-refractivity contribution in [1.29, 1.82) is 0 Å². The van der Waals surface area contributed by atoms with E-state index in [0.29, 0.717) is 41.7 Å². The molecule has 0 saturated heterocycles. The molecule has 144 valence electrons. The summed E-state index contributed by atoms with van der Waals surface area (Å²) in [5, 5.41) is 0. The molecule has 3 aromatic rings. The van der Waals surface area contributed by atoms with Gasteiger partial charge in [0.25, 0.3) is 0 Å². The molecule has 0 aliphatic rings. The van der Waals surface area contributed by atoms with Crippen LogP contribution in [0.5, 0.6) is 17.4 Å². The number of methoxy groups -OCH3 is 2. The first kappa shape index (κ1) is 19.2. The number of nitrogens with two attached hydrogens (primary N) is 1. The summed E-state index contributed by atoms with van der Waals surface area (Å²) in [5.74, 6) is 1.43. The van der Waals surface area contributed by atoms with Crippen molar-refractivity contribution in [3.63, 3.8) is 0 Å². The summed E-state index contributed by atoms with van der Waals surface area (Å²) in [5.41, 5.74) is 8.39. The Bertz CT molecular complexity index is 972. The standard InChI is InChI=1S/C22H22N2O4/c1-26-19-10-9-15(13-20(19)27-2)11-12-28-21-8-4-7-18(24-21)16-5-3-6-17(14-16)22(23)25/h3-10,13-14H,11-12H2,1-2H3,(H2,23,25). The van der Waals surface area contributed by atoms with E-state index in [-0.39, 0.29) is 0 Å². The molecule has 1 aromatic heterocycles. The molecule has 1 heterocycles. The Labute approximate surface area is 163 Å². The van der Waals surface area contributed by atoms with Crippen molar-refractivity contribution >= 4 is 5.91 Å². The molecular formula is C22H22N2O4. The van der Waals surface area contributed by atoms with E-state index in [0.717, 1.165) is 11.1 Å². The van der Waals surface area contributed by atoms with Crippen LogP contribution in [0.4, 0.5) is 0 Å². The number of hydrogen-bond donors (Lipinski definition) is 1. The first-order valence-corrected chi connectivity index (χ1v) is 8.81. The smallest absolute Gasteiger partial charge is 0.248 e. The number of ether oxygens (including phenoxy) is 3. The number of hydrogen-bond acceptors (Lipinski definition) is 5. The SMILES string of the molecule is COc1ccc(CCOc2cccc(-c3cccc(C(N)=O)c3)n2)cc1OC. The number of aromatic nitrogens is 1. The van der Waals surface area contributed by atoms with Crippen LogP contribution in [-0.2, 0) is 6.42 Å². The third kappa shape index (κ3) is 4.59. The second kappa shape index (κ2) is 8.90. The number of carbonyl (C=O) groups is 1. The van der Waals surface area contributed by atoms with E-state index in [1.165, 1.54) is 0 Å². The fraction of sp³-hybridized carbons (Fsp3) is 0.182. The normalized spacial score (nSPS) is 10.4. The first-order valence-electron chi connectivity index (χ1n) is 8.81. The first-order chi connectivity index (χ1) is 13.6. The summed E-state index contributed by atoms with van der Waals surface area (Å²) in [6.45, 7) is 0.466. The minimum atomic E-state index is -0.468. The van der Waals surface area contributed by atoms with E-state index in [1.54, 1.807) is 38.5 Å². The van der Waals surface area contributed by atoms with Crippen LogP contribution >= 0.6 is 0 Å². The van der Waals surface area contributed by atoms with E-state index in [9.17, 15) is 4.79 Å². The minimum absolute atomic E-state index is 0.444. The van der Waals surface area contributed by atoms with Gasteiger partial charge in [0.2, 0.25) is 11.8 Å². The quantitative estimate of drug-likeness (QED) is 0.649. The summed E-state index contributed by atoms with van der Waals surface area (Å²) in [6, 6.07) is 18.4. The third-order valence-electron chi connectivity index (χ3n) is 4.26. The number of amides is 1. The van der Waals surface area contributed by atoms with Crippen LogP contribution in [-0.4, -0.2) is 31.7 Å². The molecule has 0 unspecified atom stereocenters. The Morgan fingerprint density at radius 1 is 0.964 bits per heavy atom. The zero-order valence-corrected chi connectivity index (χ0v) is 15.8. The van der Waals surface area contributed by atoms with Crippen LogP contribution in [0.3, 0.4) is 0 Å². The Hall–Kier alpha value is -3.54. The van der Waals surface area contributed by atoms with Gasteiger partial charge in [0.05, 0.1) is 26.5 Å². The molecule has 0 radical (unpaired) electrons. The molecule has 2 aromatic carbocycles. The van der Waals surface area contributed by atoms with Gasteiger partial charge in [-0.15, -0.1) is 0 Å². The summed E-state index contributed by atoms with van der Waals surface area (Å²) >= 11 is 0. The number of rotatable bonds is 8. The lowest BCUT2D eigenvalue weighted by molar-refractivity contribution is 0.100. The molecule has 0 aliphatic carbocycles. The Morgan fingerprint density at radius 2 is 1.75 bits per heavy atom. The summed E-state index contributed by atoms with van der Waals surface area (Å²) in [6.07, 6.45) is 0.698. The van der Waals surface area contributed by atoms with Crippen molar-refractivity contribution < 1.29 is 19.0 Å². The molecule has 0 saturated carbocycles. The molecule has 0 spiro atoms. The van der Waals surface area contributed by atoms with Crippen molar-refractivity contribution in [2.24, 2.45) is 5.73 Å². The van der Waals surface area contributed by atoms with E-state index in [4.69, 9.17) is 19.9 Å². The van der Waals surface area contributed by atoms with E-state index < -0.39 is 5.91 Å². The van der Waals surface area contributed by atoms with Gasteiger partial charge in [0, 0.05) is 23.6 Å². The Morgan fingerprint density at radius 3 is 2.50 bits per heavy atom. The zero-order chi connectivity index (χ0) is 19.9. The molecule has 3 rings (SSSR count). The highest BCUT2D eigenvalue weighted by Gasteiger charge is 2.07. The van der Waals surface area contributed by atoms with Crippen molar-refractivity contribution in [2.45, 2.75) is 6.42 Å². The van der Waals surface area contributed by atoms with Crippen LogP contribution in [0.1, 0.15) is 15.9 Å². The fourth-order valence-corrected chi connectivity index (χ4v) is 2.80.